The molecule has 0 aliphatic carbocycles. The Labute approximate surface area is 165 Å². The maximum atomic E-state index is 13.1. The zero-order valence-electron chi connectivity index (χ0n) is 14.9. The molecule has 2 aromatic carbocycles. The fourth-order valence-electron chi connectivity index (χ4n) is 3.16. The van der Waals surface area contributed by atoms with E-state index in [1.807, 2.05) is 62.5 Å². The first-order chi connectivity index (χ1) is 13.0. The second kappa shape index (κ2) is 6.96. The van der Waals surface area contributed by atoms with Crippen LogP contribution in [0.3, 0.4) is 0 Å². The first kappa shape index (κ1) is 17.4. The van der Waals surface area contributed by atoms with Crippen LogP contribution in [0.1, 0.15) is 15.9 Å². The molecule has 5 nitrogen and oxygen atoms in total. The van der Waals surface area contributed by atoms with Crippen molar-refractivity contribution in [3.8, 4) is 11.3 Å². The highest BCUT2D eigenvalue weighted by atomic mass is 79.9. The van der Waals surface area contributed by atoms with Crippen molar-refractivity contribution in [2.24, 2.45) is 7.05 Å². The van der Waals surface area contributed by atoms with Crippen LogP contribution in [0.25, 0.3) is 22.2 Å². The molecule has 6 heteroatoms. The van der Waals surface area contributed by atoms with Crippen LogP contribution >= 0.6 is 15.9 Å². The summed E-state index contributed by atoms with van der Waals surface area (Å²) in [6.45, 7) is 1.93. The Morgan fingerprint density at radius 2 is 1.89 bits per heavy atom. The summed E-state index contributed by atoms with van der Waals surface area (Å²) in [5, 5.41) is 7.94. The number of benzene rings is 2. The smallest absolute Gasteiger partial charge is 0.257 e. The second-order valence-electron chi connectivity index (χ2n) is 6.32. The van der Waals surface area contributed by atoms with Crippen molar-refractivity contribution < 1.29 is 4.79 Å². The van der Waals surface area contributed by atoms with Gasteiger partial charge in [0.25, 0.3) is 5.91 Å². The number of carbonyl (C=O) groups is 1. The van der Waals surface area contributed by atoms with Gasteiger partial charge in [-0.25, -0.2) is 4.98 Å². The van der Waals surface area contributed by atoms with Gasteiger partial charge in [0.1, 0.15) is 0 Å². The van der Waals surface area contributed by atoms with Crippen molar-refractivity contribution in [3.05, 3.63) is 76.4 Å². The number of nitrogens with zero attached hydrogens (tertiary/aromatic N) is 3. The molecular formula is C21H17BrN4O. The van der Waals surface area contributed by atoms with E-state index in [-0.39, 0.29) is 5.91 Å². The zero-order valence-corrected chi connectivity index (χ0v) is 16.5. The summed E-state index contributed by atoms with van der Waals surface area (Å²) in [4.78, 5) is 18.0. The van der Waals surface area contributed by atoms with Crippen molar-refractivity contribution in [3.63, 3.8) is 0 Å². The average molecular weight is 421 g/mol. The third kappa shape index (κ3) is 3.36. The Morgan fingerprint density at radius 3 is 2.59 bits per heavy atom. The highest BCUT2D eigenvalue weighted by Crippen LogP contribution is 2.31. The van der Waals surface area contributed by atoms with Crippen molar-refractivity contribution in [1.82, 2.24) is 14.8 Å². The number of halogens is 1. The molecule has 2 aromatic heterocycles. The predicted octanol–water partition coefficient (Wildman–Crippen LogP) is 4.96. The average Bonchev–Trinajstić information content (AvgIpc) is 3.06. The number of nitrogens with one attached hydrogen (secondary N) is 1. The maximum Gasteiger partial charge on any atom is 0.257 e. The van der Waals surface area contributed by atoms with Crippen molar-refractivity contribution in [1.29, 1.82) is 0 Å². The lowest BCUT2D eigenvalue weighted by Gasteiger charge is -2.14. The van der Waals surface area contributed by atoms with Gasteiger partial charge in [0, 0.05) is 34.7 Å². The lowest BCUT2D eigenvalue weighted by molar-refractivity contribution is 0.102. The number of aromatic nitrogens is 3. The van der Waals surface area contributed by atoms with E-state index in [1.165, 1.54) is 0 Å². The summed E-state index contributed by atoms with van der Waals surface area (Å²) in [5.41, 5.74) is 3.99. The van der Waals surface area contributed by atoms with Crippen LogP contribution in [-0.2, 0) is 7.05 Å². The number of pyridine rings is 1. The minimum absolute atomic E-state index is 0.200. The number of rotatable bonds is 3. The van der Waals surface area contributed by atoms with Gasteiger partial charge < -0.3 is 5.32 Å². The van der Waals surface area contributed by atoms with Crippen LogP contribution in [0.2, 0.25) is 0 Å². The van der Waals surface area contributed by atoms with Crippen molar-refractivity contribution in [2.45, 2.75) is 6.92 Å². The number of amides is 1. The van der Waals surface area contributed by atoms with Crippen LogP contribution in [-0.4, -0.2) is 20.7 Å². The molecule has 0 aliphatic rings. The van der Waals surface area contributed by atoms with Crippen LogP contribution < -0.4 is 5.32 Å². The molecule has 27 heavy (non-hydrogen) atoms. The van der Waals surface area contributed by atoms with Crippen LogP contribution in [0.4, 0.5) is 5.82 Å². The molecule has 0 bridgehead atoms. The quantitative estimate of drug-likeness (QED) is 0.509. The van der Waals surface area contributed by atoms with Crippen LogP contribution in [0.15, 0.2) is 65.3 Å². The molecule has 1 N–H and O–H groups in total. The van der Waals surface area contributed by atoms with Gasteiger partial charge in [-0.05, 0) is 30.7 Å². The summed E-state index contributed by atoms with van der Waals surface area (Å²) in [6.07, 6.45) is 1.79. The van der Waals surface area contributed by atoms with Gasteiger partial charge in [0.15, 0.2) is 5.82 Å². The lowest BCUT2D eigenvalue weighted by Crippen LogP contribution is -2.16. The number of carbonyl (C=O) groups excluding carboxylic acids is 1. The molecule has 0 radical (unpaired) electrons. The molecule has 134 valence electrons. The number of fused-ring (bicyclic) bond motifs is 1. The minimum atomic E-state index is -0.200. The first-order valence-corrected chi connectivity index (χ1v) is 9.28. The SMILES string of the molecule is Cc1c(-c2ccccc2)nc2ccc(Br)cc2c1C(=O)Nc1ccn(C)n1. The van der Waals surface area contributed by atoms with Crippen molar-refractivity contribution >= 4 is 38.6 Å². The Kier molecular flexibility index (Phi) is 4.49. The highest BCUT2D eigenvalue weighted by molar-refractivity contribution is 9.10. The van der Waals surface area contributed by atoms with Crippen LogP contribution in [0.5, 0.6) is 0 Å². The van der Waals surface area contributed by atoms with Crippen molar-refractivity contribution in [2.75, 3.05) is 5.32 Å². The topological polar surface area (TPSA) is 59.8 Å². The summed E-state index contributed by atoms with van der Waals surface area (Å²) >= 11 is 3.50. The number of aryl methyl sites for hydroxylation is 1. The molecule has 0 fully saturated rings. The summed E-state index contributed by atoms with van der Waals surface area (Å²) < 4.78 is 2.55. The third-order valence-electron chi connectivity index (χ3n) is 4.42. The van der Waals surface area contributed by atoms with Gasteiger partial charge in [-0.2, -0.15) is 5.10 Å². The molecule has 2 heterocycles. The molecule has 0 spiro atoms. The Balaban J connectivity index is 1.92. The molecule has 0 atom stereocenters. The monoisotopic (exact) mass is 420 g/mol. The molecule has 1 amide bonds. The summed E-state index contributed by atoms with van der Waals surface area (Å²) in [6, 6.07) is 17.4. The molecule has 0 unspecified atom stereocenters. The standard InChI is InChI=1S/C21H17BrN4O/c1-13-19(21(27)24-18-10-11-26(2)25-18)16-12-15(22)8-9-17(16)23-20(13)14-6-4-3-5-7-14/h3-12H,1-2H3,(H,24,25,27). The van der Waals surface area contributed by atoms with Gasteiger partial charge in [0.2, 0.25) is 0 Å². The van der Waals surface area contributed by atoms with E-state index in [2.05, 4.69) is 26.3 Å². The predicted molar refractivity (Wildman–Crippen MR) is 111 cm³/mol. The molecule has 0 saturated carbocycles. The largest absolute Gasteiger partial charge is 0.305 e. The highest BCUT2D eigenvalue weighted by Gasteiger charge is 2.20. The van der Waals surface area contributed by atoms with E-state index in [0.717, 1.165) is 32.2 Å². The minimum Gasteiger partial charge on any atom is -0.305 e. The van der Waals surface area contributed by atoms with E-state index < -0.39 is 0 Å². The number of anilines is 1. The molecular weight excluding hydrogens is 404 g/mol. The van der Waals surface area contributed by atoms with Gasteiger partial charge in [-0.1, -0.05) is 46.3 Å². The Hall–Kier alpha value is -2.99. The fourth-order valence-corrected chi connectivity index (χ4v) is 3.52. The van der Waals surface area contributed by atoms with Gasteiger partial charge >= 0.3 is 0 Å². The van der Waals surface area contributed by atoms with E-state index in [9.17, 15) is 4.79 Å². The maximum absolute atomic E-state index is 13.1. The van der Waals surface area contributed by atoms with Crippen LogP contribution in [0, 0.1) is 6.92 Å². The molecule has 0 aliphatic heterocycles. The van der Waals surface area contributed by atoms with E-state index in [4.69, 9.17) is 4.98 Å². The van der Waals surface area contributed by atoms with E-state index in [1.54, 1.807) is 16.9 Å². The first-order valence-electron chi connectivity index (χ1n) is 8.49. The van der Waals surface area contributed by atoms with Gasteiger partial charge in [-0.15, -0.1) is 0 Å². The zero-order chi connectivity index (χ0) is 19.0. The molecule has 4 aromatic rings. The number of hydrogen-bond acceptors (Lipinski definition) is 3. The molecule has 4 rings (SSSR count). The fraction of sp³-hybridized carbons (Fsp3) is 0.0952. The third-order valence-corrected chi connectivity index (χ3v) is 4.91. The summed E-state index contributed by atoms with van der Waals surface area (Å²) in [7, 11) is 1.81. The van der Waals surface area contributed by atoms with E-state index >= 15 is 0 Å². The Morgan fingerprint density at radius 1 is 1.11 bits per heavy atom. The molecule has 0 saturated heterocycles. The number of hydrogen-bond donors (Lipinski definition) is 1. The van der Waals surface area contributed by atoms with Gasteiger partial charge in [0.05, 0.1) is 16.8 Å². The lowest BCUT2D eigenvalue weighted by atomic mass is 9.97. The second-order valence-corrected chi connectivity index (χ2v) is 7.23. The normalized spacial score (nSPS) is 10.9. The van der Waals surface area contributed by atoms with E-state index in [0.29, 0.717) is 11.4 Å². The summed E-state index contributed by atoms with van der Waals surface area (Å²) in [5.74, 6) is 0.317. The van der Waals surface area contributed by atoms with Gasteiger partial charge in [-0.3, -0.25) is 9.48 Å². The Bertz CT molecular complexity index is 1150.